The molecule has 1 aromatic carbocycles. The molecule has 2 rings (SSSR count). The lowest BCUT2D eigenvalue weighted by Crippen LogP contribution is -2.15. The smallest absolute Gasteiger partial charge is 0.248 e. The van der Waals surface area contributed by atoms with Crippen LogP contribution in [0.15, 0.2) is 30.3 Å². The number of aryl methyl sites for hydroxylation is 1. The van der Waals surface area contributed by atoms with Crippen molar-refractivity contribution in [3.05, 3.63) is 58.4 Å². The molecule has 0 saturated heterocycles. The molecule has 4 heteroatoms. The summed E-state index contributed by atoms with van der Waals surface area (Å²) >= 11 is 0. The molecular formula is C17H23N3O. The molecule has 1 amide bonds. The van der Waals surface area contributed by atoms with Gasteiger partial charge in [-0.1, -0.05) is 12.1 Å². The maximum absolute atomic E-state index is 11.2. The Labute approximate surface area is 126 Å². The zero-order valence-corrected chi connectivity index (χ0v) is 12.9. The van der Waals surface area contributed by atoms with Gasteiger partial charge in [-0.15, -0.1) is 0 Å². The van der Waals surface area contributed by atoms with E-state index in [0.717, 1.165) is 25.2 Å². The van der Waals surface area contributed by atoms with Gasteiger partial charge in [0, 0.05) is 36.6 Å². The highest BCUT2D eigenvalue weighted by atomic mass is 16.1. The predicted octanol–water partition coefficient (Wildman–Crippen LogP) is 2.51. The highest BCUT2D eigenvalue weighted by molar-refractivity contribution is 5.92. The van der Waals surface area contributed by atoms with E-state index in [1.807, 2.05) is 18.2 Å². The molecule has 0 aliphatic heterocycles. The van der Waals surface area contributed by atoms with Gasteiger partial charge in [-0.2, -0.15) is 0 Å². The number of nitrogens with zero attached hydrogens (tertiary/aromatic N) is 1. The summed E-state index contributed by atoms with van der Waals surface area (Å²) in [6.07, 6.45) is 0. The van der Waals surface area contributed by atoms with Gasteiger partial charge in [0.25, 0.3) is 0 Å². The second kappa shape index (κ2) is 6.59. The van der Waals surface area contributed by atoms with Crippen LogP contribution in [0.25, 0.3) is 0 Å². The van der Waals surface area contributed by atoms with Crippen molar-refractivity contribution in [1.82, 2.24) is 9.88 Å². The molecule has 0 atom stereocenters. The molecule has 0 bridgehead atoms. The van der Waals surface area contributed by atoms with Crippen molar-refractivity contribution in [3.63, 3.8) is 0 Å². The fraction of sp³-hybridized carbons (Fsp3) is 0.353. The van der Waals surface area contributed by atoms with Crippen molar-refractivity contribution >= 4 is 5.91 Å². The number of hydrogen-bond donors (Lipinski definition) is 2. The summed E-state index contributed by atoms with van der Waals surface area (Å²) in [4.78, 5) is 11.2. The van der Waals surface area contributed by atoms with Crippen LogP contribution in [0.2, 0.25) is 0 Å². The van der Waals surface area contributed by atoms with Gasteiger partial charge in [0.1, 0.15) is 0 Å². The summed E-state index contributed by atoms with van der Waals surface area (Å²) < 4.78 is 2.31. The Morgan fingerprint density at radius 2 is 2.00 bits per heavy atom. The van der Waals surface area contributed by atoms with Crippen molar-refractivity contribution in [1.29, 1.82) is 0 Å². The lowest BCUT2D eigenvalue weighted by atomic mass is 10.1. The average molecular weight is 285 g/mol. The summed E-state index contributed by atoms with van der Waals surface area (Å²) in [7, 11) is 0. The molecule has 0 unspecified atom stereocenters. The van der Waals surface area contributed by atoms with E-state index in [1.54, 1.807) is 6.07 Å². The van der Waals surface area contributed by atoms with Gasteiger partial charge >= 0.3 is 0 Å². The van der Waals surface area contributed by atoms with Crippen LogP contribution in [0, 0.1) is 13.8 Å². The third-order valence-corrected chi connectivity index (χ3v) is 3.85. The number of nitrogens with two attached hydrogens (primary N) is 1. The van der Waals surface area contributed by atoms with Gasteiger partial charge in [-0.25, -0.2) is 0 Å². The summed E-state index contributed by atoms with van der Waals surface area (Å²) in [5.41, 5.74) is 10.8. The van der Waals surface area contributed by atoms with Gasteiger partial charge in [0.15, 0.2) is 0 Å². The van der Waals surface area contributed by atoms with E-state index >= 15 is 0 Å². The molecular weight excluding hydrogens is 262 g/mol. The Morgan fingerprint density at radius 1 is 1.24 bits per heavy atom. The molecule has 0 fully saturated rings. The normalized spacial score (nSPS) is 10.8. The van der Waals surface area contributed by atoms with Gasteiger partial charge in [0.05, 0.1) is 0 Å². The number of carbonyl (C=O) groups excluding carboxylic acids is 1. The van der Waals surface area contributed by atoms with Crippen molar-refractivity contribution in [2.45, 2.75) is 40.4 Å². The quantitative estimate of drug-likeness (QED) is 0.856. The Bertz CT molecular complexity index is 643. The first-order chi connectivity index (χ1) is 10.0. The SMILES string of the molecule is CCn1c(C)cc(CNCc2cccc(C(N)=O)c2)c1C. The van der Waals surface area contributed by atoms with E-state index in [0.29, 0.717) is 5.56 Å². The number of aromatic nitrogens is 1. The molecule has 112 valence electrons. The van der Waals surface area contributed by atoms with Crippen molar-refractivity contribution in [2.24, 2.45) is 5.73 Å². The molecule has 0 saturated carbocycles. The molecule has 0 radical (unpaired) electrons. The Hall–Kier alpha value is -2.07. The van der Waals surface area contributed by atoms with Crippen molar-refractivity contribution < 1.29 is 4.79 Å². The van der Waals surface area contributed by atoms with Crippen LogP contribution in [0.1, 0.15) is 39.8 Å². The first-order valence-corrected chi connectivity index (χ1v) is 7.28. The predicted molar refractivity (Wildman–Crippen MR) is 85.1 cm³/mol. The van der Waals surface area contributed by atoms with Crippen molar-refractivity contribution in [3.8, 4) is 0 Å². The first kappa shape index (κ1) is 15.3. The minimum atomic E-state index is -0.386. The minimum absolute atomic E-state index is 0.386. The number of amides is 1. The van der Waals surface area contributed by atoms with E-state index in [2.05, 4.69) is 36.7 Å². The molecule has 0 aliphatic rings. The van der Waals surface area contributed by atoms with Crippen LogP contribution in [-0.2, 0) is 19.6 Å². The van der Waals surface area contributed by atoms with Crippen LogP contribution in [0.4, 0.5) is 0 Å². The molecule has 4 nitrogen and oxygen atoms in total. The molecule has 2 aromatic rings. The number of primary amides is 1. The number of hydrogen-bond acceptors (Lipinski definition) is 2. The highest BCUT2D eigenvalue weighted by Crippen LogP contribution is 2.15. The number of nitrogens with one attached hydrogen (secondary N) is 1. The van der Waals surface area contributed by atoms with E-state index in [9.17, 15) is 4.79 Å². The van der Waals surface area contributed by atoms with Gasteiger partial charge in [-0.05, 0) is 50.1 Å². The number of rotatable bonds is 6. The summed E-state index contributed by atoms with van der Waals surface area (Å²) in [6.45, 7) is 8.99. The average Bonchev–Trinajstić information content (AvgIpc) is 2.73. The van der Waals surface area contributed by atoms with Crippen molar-refractivity contribution in [2.75, 3.05) is 0 Å². The number of carbonyl (C=O) groups is 1. The lowest BCUT2D eigenvalue weighted by Gasteiger charge is -2.08. The second-order valence-electron chi connectivity index (χ2n) is 5.31. The molecule has 1 heterocycles. The fourth-order valence-corrected chi connectivity index (χ4v) is 2.71. The fourth-order valence-electron chi connectivity index (χ4n) is 2.71. The third-order valence-electron chi connectivity index (χ3n) is 3.85. The van der Waals surface area contributed by atoms with E-state index in [1.165, 1.54) is 17.0 Å². The van der Waals surface area contributed by atoms with Gasteiger partial charge < -0.3 is 15.6 Å². The third kappa shape index (κ3) is 3.52. The van der Waals surface area contributed by atoms with E-state index in [4.69, 9.17) is 5.73 Å². The van der Waals surface area contributed by atoms with Crippen LogP contribution in [0.3, 0.4) is 0 Å². The summed E-state index contributed by atoms with van der Waals surface area (Å²) in [6, 6.07) is 9.66. The van der Waals surface area contributed by atoms with Crippen LogP contribution >= 0.6 is 0 Å². The minimum Gasteiger partial charge on any atom is -0.366 e. The van der Waals surface area contributed by atoms with Crippen LogP contribution < -0.4 is 11.1 Å². The largest absolute Gasteiger partial charge is 0.366 e. The standard InChI is InChI=1S/C17H23N3O/c1-4-20-12(2)8-16(13(20)3)11-19-10-14-6-5-7-15(9-14)17(18)21/h5-9,19H,4,10-11H2,1-3H3,(H2,18,21). The maximum Gasteiger partial charge on any atom is 0.248 e. The maximum atomic E-state index is 11.2. The van der Waals surface area contributed by atoms with Gasteiger partial charge in [-0.3, -0.25) is 4.79 Å². The van der Waals surface area contributed by atoms with E-state index in [-0.39, 0.29) is 5.91 Å². The molecule has 0 spiro atoms. The molecule has 1 aromatic heterocycles. The Kier molecular flexibility index (Phi) is 4.81. The zero-order chi connectivity index (χ0) is 15.4. The van der Waals surface area contributed by atoms with Crippen LogP contribution in [0.5, 0.6) is 0 Å². The number of benzene rings is 1. The molecule has 21 heavy (non-hydrogen) atoms. The first-order valence-electron chi connectivity index (χ1n) is 7.28. The van der Waals surface area contributed by atoms with Crippen LogP contribution in [-0.4, -0.2) is 10.5 Å². The zero-order valence-electron chi connectivity index (χ0n) is 12.9. The topological polar surface area (TPSA) is 60.1 Å². The summed E-state index contributed by atoms with van der Waals surface area (Å²) in [5.74, 6) is -0.386. The molecule has 3 N–H and O–H groups in total. The Balaban J connectivity index is 1.99. The Morgan fingerprint density at radius 3 is 2.62 bits per heavy atom. The lowest BCUT2D eigenvalue weighted by molar-refractivity contribution is 0.1000. The monoisotopic (exact) mass is 285 g/mol. The summed E-state index contributed by atoms with van der Waals surface area (Å²) in [5, 5.41) is 3.42. The van der Waals surface area contributed by atoms with E-state index < -0.39 is 0 Å². The molecule has 0 aliphatic carbocycles. The van der Waals surface area contributed by atoms with Gasteiger partial charge in [0.2, 0.25) is 5.91 Å². The highest BCUT2D eigenvalue weighted by Gasteiger charge is 2.07. The second-order valence-corrected chi connectivity index (χ2v) is 5.31.